The molecule has 2 heteroatoms. The largest absolute Gasteiger partial charge is 0.390 e. The molecule has 0 unspecified atom stereocenters. The molecule has 0 aliphatic rings. The molecule has 0 atom stereocenters. The normalized spacial score (nSPS) is 13.4. The van der Waals surface area contributed by atoms with E-state index in [9.17, 15) is 5.11 Å². The van der Waals surface area contributed by atoms with E-state index in [0.29, 0.717) is 0 Å². The van der Waals surface area contributed by atoms with Crippen molar-refractivity contribution in [3.05, 3.63) is 6.42 Å². The van der Waals surface area contributed by atoms with Gasteiger partial charge in [-0.25, -0.2) is 0 Å². The van der Waals surface area contributed by atoms with Crippen molar-refractivity contribution in [1.82, 2.24) is 0 Å². The zero-order valence-corrected chi connectivity index (χ0v) is 9.55. The van der Waals surface area contributed by atoms with Crippen LogP contribution >= 0.6 is 0 Å². The monoisotopic (exact) mass is 187 g/mol. The fourth-order valence-electron chi connectivity index (χ4n) is 0.988. The summed E-state index contributed by atoms with van der Waals surface area (Å²) in [5.74, 6) is 0. The van der Waals surface area contributed by atoms with E-state index in [0.717, 1.165) is 19.3 Å². The fourth-order valence-corrected chi connectivity index (χ4v) is 0.988. The second-order valence-electron chi connectivity index (χ2n) is 4.81. The van der Waals surface area contributed by atoms with Crippen molar-refractivity contribution in [2.75, 3.05) is 7.11 Å². The van der Waals surface area contributed by atoms with Crippen LogP contribution < -0.4 is 0 Å². The lowest BCUT2D eigenvalue weighted by Gasteiger charge is -2.23. The first-order valence-electron chi connectivity index (χ1n) is 4.86. The van der Waals surface area contributed by atoms with Crippen LogP contribution in [-0.4, -0.2) is 23.4 Å². The molecule has 0 heterocycles. The topological polar surface area (TPSA) is 29.5 Å². The summed E-state index contributed by atoms with van der Waals surface area (Å²) >= 11 is 0. The third-order valence-corrected chi connectivity index (χ3v) is 2.15. The summed E-state index contributed by atoms with van der Waals surface area (Å²) in [4.78, 5) is 0. The SMILES string of the molecule is COC(C)(C)C[CH]CCC(C)(C)O. The average molecular weight is 187 g/mol. The fraction of sp³-hybridized carbons (Fsp3) is 0.909. The number of rotatable bonds is 6. The molecule has 1 N–H and O–H groups in total. The van der Waals surface area contributed by atoms with E-state index in [1.54, 1.807) is 7.11 Å². The van der Waals surface area contributed by atoms with Crippen molar-refractivity contribution in [3.63, 3.8) is 0 Å². The van der Waals surface area contributed by atoms with Gasteiger partial charge in [-0.1, -0.05) is 0 Å². The van der Waals surface area contributed by atoms with E-state index in [4.69, 9.17) is 4.74 Å². The molecule has 0 aromatic heterocycles. The molecule has 0 spiro atoms. The summed E-state index contributed by atoms with van der Waals surface area (Å²) in [7, 11) is 1.73. The number of unbranched alkanes of at least 4 members (excludes halogenated alkanes) is 1. The van der Waals surface area contributed by atoms with Crippen molar-refractivity contribution < 1.29 is 9.84 Å². The zero-order valence-electron chi connectivity index (χ0n) is 9.55. The number of hydrogen-bond acceptors (Lipinski definition) is 2. The Morgan fingerprint density at radius 1 is 1.23 bits per heavy atom. The molecule has 0 amide bonds. The molecule has 79 valence electrons. The van der Waals surface area contributed by atoms with Crippen LogP contribution in [0.15, 0.2) is 0 Å². The Morgan fingerprint density at radius 2 is 1.77 bits per heavy atom. The van der Waals surface area contributed by atoms with Crippen molar-refractivity contribution in [1.29, 1.82) is 0 Å². The van der Waals surface area contributed by atoms with Gasteiger partial charge in [-0.15, -0.1) is 0 Å². The molecule has 0 aliphatic heterocycles. The van der Waals surface area contributed by atoms with Crippen LogP contribution in [0.25, 0.3) is 0 Å². The van der Waals surface area contributed by atoms with Gasteiger partial charge in [0.25, 0.3) is 0 Å². The Labute approximate surface area is 82.3 Å². The maximum Gasteiger partial charge on any atom is 0.0625 e. The van der Waals surface area contributed by atoms with Crippen LogP contribution in [0.3, 0.4) is 0 Å². The third-order valence-electron chi connectivity index (χ3n) is 2.15. The average Bonchev–Trinajstić information content (AvgIpc) is 1.97. The van der Waals surface area contributed by atoms with Crippen molar-refractivity contribution in [2.45, 2.75) is 58.2 Å². The van der Waals surface area contributed by atoms with Crippen LogP contribution in [0.1, 0.15) is 47.0 Å². The minimum Gasteiger partial charge on any atom is -0.390 e. The Morgan fingerprint density at radius 3 is 2.15 bits per heavy atom. The Bertz CT molecular complexity index is 134. The second kappa shape index (κ2) is 4.97. The highest BCUT2D eigenvalue weighted by molar-refractivity contribution is 4.80. The van der Waals surface area contributed by atoms with Crippen LogP contribution in [0.5, 0.6) is 0 Å². The van der Waals surface area contributed by atoms with E-state index >= 15 is 0 Å². The van der Waals surface area contributed by atoms with Crippen molar-refractivity contribution in [2.24, 2.45) is 0 Å². The molecule has 0 bridgehead atoms. The highest BCUT2D eigenvalue weighted by atomic mass is 16.5. The van der Waals surface area contributed by atoms with E-state index in [-0.39, 0.29) is 5.60 Å². The minimum absolute atomic E-state index is 0.0698. The molecular formula is C11H23O2. The van der Waals surface area contributed by atoms with Gasteiger partial charge in [-0.2, -0.15) is 0 Å². The summed E-state index contributed by atoms with van der Waals surface area (Å²) in [6.45, 7) is 7.80. The highest BCUT2D eigenvalue weighted by Crippen LogP contribution is 2.19. The number of hydrogen-bond donors (Lipinski definition) is 1. The van der Waals surface area contributed by atoms with Crippen LogP contribution in [0, 0.1) is 6.42 Å². The first-order chi connectivity index (χ1) is 5.77. The lowest BCUT2D eigenvalue weighted by atomic mass is 9.96. The maximum absolute atomic E-state index is 9.45. The number of ether oxygens (including phenoxy) is 1. The van der Waals surface area contributed by atoms with Gasteiger partial charge in [0.05, 0.1) is 11.2 Å². The van der Waals surface area contributed by atoms with E-state index in [1.165, 1.54) is 0 Å². The second-order valence-corrected chi connectivity index (χ2v) is 4.81. The number of methoxy groups -OCH3 is 1. The molecule has 0 aromatic carbocycles. The molecule has 1 radical (unpaired) electrons. The molecule has 0 aromatic rings. The van der Waals surface area contributed by atoms with Gasteiger partial charge in [0.1, 0.15) is 0 Å². The summed E-state index contributed by atoms with van der Waals surface area (Å²) in [5.41, 5.74) is -0.618. The summed E-state index contributed by atoms with van der Waals surface area (Å²) in [6, 6.07) is 0. The van der Waals surface area contributed by atoms with Gasteiger partial charge < -0.3 is 9.84 Å². The van der Waals surface area contributed by atoms with E-state index in [1.807, 2.05) is 13.8 Å². The predicted octanol–water partition coefficient (Wildman–Crippen LogP) is 2.56. The van der Waals surface area contributed by atoms with Crippen molar-refractivity contribution >= 4 is 0 Å². The van der Waals surface area contributed by atoms with Crippen LogP contribution in [-0.2, 0) is 4.74 Å². The highest BCUT2D eigenvalue weighted by Gasteiger charge is 2.17. The first-order valence-corrected chi connectivity index (χ1v) is 4.86. The lowest BCUT2D eigenvalue weighted by Crippen LogP contribution is -2.23. The molecule has 2 nitrogen and oxygen atoms in total. The molecular weight excluding hydrogens is 164 g/mol. The van der Waals surface area contributed by atoms with Gasteiger partial charge in [0.2, 0.25) is 0 Å². The van der Waals surface area contributed by atoms with Gasteiger partial charge >= 0.3 is 0 Å². The Kier molecular flexibility index (Phi) is 4.93. The third kappa shape index (κ3) is 8.26. The Balaban J connectivity index is 3.47. The summed E-state index contributed by atoms with van der Waals surface area (Å²) in [6.07, 6.45) is 4.87. The Hall–Kier alpha value is -0.0800. The standard InChI is InChI=1S/C11H23O2/c1-10(2,12)8-6-7-9-11(3,4)13-5/h7,12H,6,8-9H2,1-5H3. The molecule has 13 heavy (non-hydrogen) atoms. The van der Waals surface area contributed by atoms with Gasteiger partial charge in [-0.05, 0) is 53.4 Å². The molecule has 0 saturated heterocycles. The molecule has 0 rings (SSSR count). The minimum atomic E-state index is -0.548. The quantitative estimate of drug-likeness (QED) is 0.648. The van der Waals surface area contributed by atoms with Crippen LogP contribution in [0.2, 0.25) is 0 Å². The summed E-state index contributed by atoms with van der Waals surface area (Å²) in [5, 5.41) is 9.45. The molecule has 0 fully saturated rings. The number of aliphatic hydroxyl groups is 1. The first kappa shape index (κ1) is 12.9. The lowest BCUT2D eigenvalue weighted by molar-refractivity contribution is 0.0201. The maximum atomic E-state index is 9.45. The van der Waals surface area contributed by atoms with Crippen LogP contribution in [0.4, 0.5) is 0 Å². The molecule has 0 aliphatic carbocycles. The summed E-state index contributed by atoms with van der Waals surface area (Å²) < 4.78 is 5.28. The van der Waals surface area contributed by atoms with Gasteiger partial charge in [0, 0.05) is 7.11 Å². The van der Waals surface area contributed by atoms with E-state index in [2.05, 4.69) is 20.3 Å². The van der Waals surface area contributed by atoms with E-state index < -0.39 is 5.60 Å². The predicted molar refractivity (Wildman–Crippen MR) is 55.5 cm³/mol. The van der Waals surface area contributed by atoms with Gasteiger partial charge in [-0.3, -0.25) is 0 Å². The zero-order chi connectivity index (χ0) is 10.5. The molecule has 0 saturated carbocycles. The smallest absolute Gasteiger partial charge is 0.0625 e. The van der Waals surface area contributed by atoms with Gasteiger partial charge in [0.15, 0.2) is 0 Å². The van der Waals surface area contributed by atoms with Crippen molar-refractivity contribution in [3.8, 4) is 0 Å².